The largest absolute Gasteiger partial charge is 0.412 e. The smallest absolute Gasteiger partial charge is 0.410 e. The van der Waals surface area contributed by atoms with Crippen LogP contribution in [0.2, 0.25) is 5.02 Å². The van der Waals surface area contributed by atoms with Crippen molar-refractivity contribution in [2.45, 2.75) is 32.0 Å². The Hall–Kier alpha value is -3.33. The zero-order chi connectivity index (χ0) is 25.1. The van der Waals surface area contributed by atoms with E-state index in [4.69, 9.17) is 27.1 Å². The molecule has 4 aromatic rings. The van der Waals surface area contributed by atoms with Crippen LogP contribution in [0.25, 0.3) is 11.0 Å². The van der Waals surface area contributed by atoms with Crippen molar-refractivity contribution in [1.29, 1.82) is 0 Å². The first-order chi connectivity index (χ1) is 17.4. The van der Waals surface area contributed by atoms with Crippen molar-refractivity contribution in [3.8, 4) is 5.75 Å². The molecule has 5 rings (SSSR count). The molecular weight excluding hydrogens is 516 g/mol. The van der Waals surface area contributed by atoms with Crippen LogP contribution in [0.5, 0.6) is 5.75 Å². The molecule has 1 aliphatic rings. The summed E-state index contributed by atoms with van der Waals surface area (Å²) < 4.78 is 21.1. The number of ether oxygens (including phenoxy) is 1. The number of carbonyl (C=O) groups excluding carboxylic acids is 1. The van der Waals surface area contributed by atoms with E-state index in [1.54, 1.807) is 36.4 Å². The highest BCUT2D eigenvalue weighted by molar-refractivity contribution is 6.30. The van der Waals surface area contributed by atoms with Crippen LogP contribution in [0.15, 0.2) is 66.7 Å². The van der Waals surface area contributed by atoms with Crippen molar-refractivity contribution in [3.63, 3.8) is 0 Å². The summed E-state index contributed by atoms with van der Waals surface area (Å²) in [6.45, 7) is 2.38. The second kappa shape index (κ2) is 11.8. The molecule has 10 heteroatoms. The molecule has 0 saturated carbocycles. The summed E-state index contributed by atoms with van der Waals surface area (Å²) in [4.78, 5) is 19.5. The van der Waals surface area contributed by atoms with Crippen LogP contribution in [-0.2, 0) is 13.1 Å². The molecule has 1 aliphatic heterocycles. The lowest BCUT2D eigenvalue weighted by molar-refractivity contribution is 0.200. The standard InChI is InChI=1S/C27H27ClFN5O2.ClH/c28-20-7-3-18(4-8-20)15-31-27(35)36-23-11-12-24-25(14-23)34(16-19-5-9-21(29)10-6-19)26(32-24)33-13-1-2-22(30)17-33;/h3-12,14,22H,1-2,13,15-17,30H2,(H,31,35);1H. The number of carbonyl (C=O) groups is 1. The molecule has 0 aliphatic carbocycles. The Bertz CT molecular complexity index is 1360. The number of nitrogens with one attached hydrogen (secondary N) is 1. The van der Waals surface area contributed by atoms with Crippen LogP contribution in [0.4, 0.5) is 15.1 Å². The van der Waals surface area contributed by atoms with Crippen molar-refractivity contribution in [3.05, 3.63) is 88.7 Å². The third-order valence-corrected chi connectivity index (χ3v) is 6.51. The second-order valence-corrected chi connectivity index (χ2v) is 9.43. The number of aromatic nitrogens is 2. The van der Waals surface area contributed by atoms with E-state index in [0.29, 0.717) is 30.4 Å². The maximum atomic E-state index is 13.5. The molecule has 1 atom stereocenters. The minimum atomic E-state index is -0.559. The number of nitrogens with two attached hydrogens (primary N) is 1. The predicted octanol–water partition coefficient (Wildman–Crippen LogP) is 5.52. The minimum absolute atomic E-state index is 0. The molecule has 0 bridgehead atoms. The maximum Gasteiger partial charge on any atom is 0.412 e. The molecule has 1 aromatic heterocycles. The maximum absolute atomic E-state index is 13.5. The van der Waals surface area contributed by atoms with Gasteiger partial charge in [0.05, 0.1) is 17.6 Å². The van der Waals surface area contributed by atoms with Crippen LogP contribution in [0, 0.1) is 5.82 Å². The van der Waals surface area contributed by atoms with Crippen molar-refractivity contribution in [1.82, 2.24) is 14.9 Å². The van der Waals surface area contributed by atoms with Gasteiger partial charge in [0, 0.05) is 36.8 Å². The molecule has 3 N–H and O–H groups in total. The highest BCUT2D eigenvalue weighted by Crippen LogP contribution is 2.29. The van der Waals surface area contributed by atoms with Crippen molar-refractivity contribution < 1.29 is 13.9 Å². The lowest BCUT2D eigenvalue weighted by Gasteiger charge is -2.32. The molecule has 1 unspecified atom stereocenters. The van der Waals surface area contributed by atoms with E-state index < -0.39 is 6.09 Å². The van der Waals surface area contributed by atoms with Gasteiger partial charge >= 0.3 is 6.09 Å². The number of piperidine rings is 1. The Balaban J connectivity index is 0.00000320. The summed E-state index contributed by atoms with van der Waals surface area (Å²) in [6, 6.07) is 19.1. The van der Waals surface area contributed by atoms with Crippen molar-refractivity contribution in [2.24, 2.45) is 5.73 Å². The number of fused-ring (bicyclic) bond motifs is 1. The van der Waals surface area contributed by atoms with E-state index >= 15 is 0 Å². The fourth-order valence-electron chi connectivity index (χ4n) is 4.43. The van der Waals surface area contributed by atoms with E-state index in [2.05, 4.69) is 14.8 Å². The fraction of sp³-hybridized carbons (Fsp3) is 0.259. The van der Waals surface area contributed by atoms with Crippen molar-refractivity contribution in [2.75, 3.05) is 18.0 Å². The Morgan fingerprint density at radius 1 is 1.11 bits per heavy atom. The highest BCUT2D eigenvalue weighted by Gasteiger charge is 2.23. The number of anilines is 1. The predicted molar refractivity (Wildman–Crippen MR) is 146 cm³/mol. The number of nitrogens with zero attached hydrogens (tertiary/aromatic N) is 3. The lowest BCUT2D eigenvalue weighted by Crippen LogP contribution is -2.44. The minimum Gasteiger partial charge on any atom is -0.410 e. The van der Waals surface area contributed by atoms with Gasteiger partial charge in [0.1, 0.15) is 11.6 Å². The topological polar surface area (TPSA) is 85.4 Å². The Kier molecular flexibility index (Phi) is 8.53. The average molecular weight is 544 g/mol. The Morgan fingerprint density at radius 3 is 2.57 bits per heavy atom. The van der Waals surface area contributed by atoms with E-state index in [1.807, 2.05) is 18.2 Å². The number of hydrogen-bond acceptors (Lipinski definition) is 5. The number of benzene rings is 3. The quantitative estimate of drug-likeness (QED) is 0.334. The Morgan fingerprint density at radius 2 is 1.84 bits per heavy atom. The molecule has 0 radical (unpaired) electrons. The summed E-state index contributed by atoms with van der Waals surface area (Å²) in [5, 5.41) is 3.39. The Labute approximate surface area is 225 Å². The van der Waals surface area contributed by atoms with Gasteiger partial charge < -0.3 is 25.3 Å². The molecule has 2 heterocycles. The third kappa shape index (κ3) is 6.52. The van der Waals surface area contributed by atoms with Crippen LogP contribution in [0.3, 0.4) is 0 Å². The lowest BCUT2D eigenvalue weighted by atomic mass is 10.1. The third-order valence-electron chi connectivity index (χ3n) is 6.25. The van der Waals surface area contributed by atoms with Crippen LogP contribution in [-0.4, -0.2) is 34.8 Å². The number of rotatable bonds is 6. The second-order valence-electron chi connectivity index (χ2n) is 8.99. The summed E-state index contributed by atoms with van der Waals surface area (Å²) in [6.07, 6.45) is 1.41. The van der Waals surface area contributed by atoms with Gasteiger partial charge in [-0.3, -0.25) is 0 Å². The normalized spacial score (nSPS) is 15.3. The molecule has 1 fully saturated rings. The molecule has 37 heavy (non-hydrogen) atoms. The molecule has 1 saturated heterocycles. The summed E-state index contributed by atoms with van der Waals surface area (Å²) >= 11 is 5.91. The number of amides is 1. The molecule has 1 amide bonds. The highest BCUT2D eigenvalue weighted by atomic mass is 35.5. The van der Waals surface area contributed by atoms with Gasteiger partial charge in [-0.2, -0.15) is 0 Å². The van der Waals surface area contributed by atoms with E-state index in [0.717, 1.165) is 47.5 Å². The first-order valence-electron chi connectivity index (χ1n) is 11.9. The first kappa shape index (κ1) is 26.7. The summed E-state index contributed by atoms with van der Waals surface area (Å²) in [5.74, 6) is 0.920. The van der Waals surface area contributed by atoms with Gasteiger partial charge in [-0.25, -0.2) is 14.2 Å². The number of hydrogen-bond donors (Lipinski definition) is 2. The summed E-state index contributed by atoms with van der Waals surface area (Å²) in [7, 11) is 0. The van der Waals surface area contributed by atoms with Crippen LogP contribution >= 0.6 is 24.0 Å². The molecule has 194 valence electrons. The van der Waals surface area contributed by atoms with Gasteiger partial charge in [-0.05, 0) is 60.4 Å². The average Bonchev–Trinajstić information content (AvgIpc) is 3.23. The number of halogens is 3. The van der Waals surface area contributed by atoms with Gasteiger partial charge in [0.25, 0.3) is 0 Å². The molecular formula is C27H28Cl2FN5O2. The zero-order valence-corrected chi connectivity index (χ0v) is 21.6. The van der Waals surface area contributed by atoms with Gasteiger partial charge in [-0.15, -0.1) is 12.4 Å². The SMILES string of the molecule is Cl.NC1CCCN(c2nc3ccc(OC(=O)NCc4ccc(Cl)cc4)cc3n2Cc2ccc(F)cc2)C1. The molecule has 3 aromatic carbocycles. The van der Waals surface area contributed by atoms with E-state index in [1.165, 1.54) is 12.1 Å². The zero-order valence-electron chi connectivity index (χ0n) is 20.1. The molecule has 7 nitrogen and oxygen atoms in total. The number of imidazole rings is 1. The van der Waals surface area contributed by atoms with E-state index in [9.17, 15) is 9.18 Å². The van der Waals surface area contributed by atoms with Crippen molar-refractivity contribution >= 4 is 47.1 Å². The van der Waals surface area contributed by atoms with Crippen LogP contribution in [0.1, 0.15) is 24.0 Å². The van der Waals surface area contributed by atoms with Gasteiger partial charge in [0.2, 0.25) is 5.95 Å². The van der Waals surface area contributed by atoms with Crippen LogP contribution < -0.4 is 20.7 Å². The molecule has 0 spiro atoms. The van der Waals surface area contributed by atoms with Gasteiger partial charge in [-0.1, -0.05) is 35.9 Å². The van der Waals surface area contributed by atoms with Gasteiger partial charge in [0.15, 0.2) is 0 Å². The fourth-order valence-corrected chi connectivity index (χ4v) is 4.56. The summed E-state index contributed by atoms with van der Waals surface area (Å²) in [5.41, 5.74) is 9.68. The monoisotopic (exact) mass is 543 g/mol. The first-order valence-corrected chi connectivity index (χ1v) is 12.3. The van der Waals surface area contributed by atoms with E-state index in [-0.39, 0.29) is 24.3 Å².